The van der Waals surface area contributed by atoms with Crippen LogP contribution in [-0.4, -0.2) is 9.97 Å². The summed E-state index contributed by atoms with van der Waals surface area (Å²) in [5.41, 5.74) is 9.69. The molecule has 0 saturated heterocycles. The standard InChI is InChI=1S/C11H15N3O/c1-3-8(12)7-5-10-9(4-6(7)2)13-11(15)14-10/h4-5,8H,3,12H2,1-2H3,(H2,13,14,15). The highest BCUT2D eigenvalue weighted by atomic mass is 16.1. The van der Waals surface area contributed by atoms with Gasteiger partial charge in [-0.1, -0.05) is 6.92 Å². The fourth-order valence-corrected chi connectivity index (χ4v) is 1.83. The van der Waals surface area contributed by atoms with E-state index in [1.165, 1.54) is 0 Å². The van der Waals surface area contributed by atoms with Crippen molar-refractivity contribution in [2.45, 2.75) is 26.3 Å². The van der Waals surface area contributed by atoms with Gasteiger partial charge in [0.2, 0.25) is 0 Å². The van der Waals surface area contributed by atoms with Gasteiger partial charge in [0.05, 0.1) is 11.0 Å². The van der Waals surface area contributed by atoms with Crippen molar-refractivity contribution in [2.24, 2.45) is 5.73 Å². The lowest BCUT2D eigenvalue weighted by atomic mass is 9.99. The Bertz CT molecular complexity index is 538. The first kappa shape index (κ1) is 9.98. The number of nitrogens with two attached hydrogens (primary N) is 1. The summed E-state index contributed by atoms with van der Waals surface area (Å²) < 4.78 is 0. The lowest BCUT2D eigenvalue weighted by molar-refractivity contribution is 0.695. The Kier molecular flexibility index (Phi) is 2.36. The quantitative estimate of drug-likeness (QED) is 0.696. The van der Waals surface area contributed by atoms with Crippen molar-refractivity contribution in [2.75, 3.05) is 0 Å². The highest BCUT2D eigenvalue weighted by Gasteiger charge is 2.09. The molecule has 2 aromatic rings. The van der Waals surface area contributed by atoms with E-state index in [1.807, 2.05) is 26.0 Å². The first-order valence-corrected chi connectivity index (χ1v) is 5.10. The van der Waals surface area contributed by atoms with Crippen LogP contribution in [0.1, 0.15) is 30.5 Å². The van der Waals surface area contributed by atoms with Gasteiger partial charge in [-0.05, 0) is 36.6 Å². The molecule has 1 atom stereocenters. The Hall–Kier alpha value is -1.55. The van der Waals surface area contributed by atoms with Crippen LogP contribution < -0.4 is 11.4 Å². The smallest absolute Gasteiger partial charge is 0.323 e. The van der Waals surface area contributed by atoms with E-state index in [2.05, 4.69) is 9.97 Å². The van der Waals surface area contributed by atoms with Gasteiger partial charge in [-0.25, -0.2) is 4.79 Å². The third-order valence-electron chi connectivity index (χ3n) is 2.74. The molecule has 0 amide bonds. The Balaban J connectivity index is 2.66. The Labute approximate surface area is 87.5 Å². The third kappa shape index (κ3) is 1.68. The lowest BCUT2D eigenvalue weighted by Crippen LogP contribution is -2.10. The van der Waals surface area contributed by atoms with Crippen LogP contribution in [0.25, 0.3) is 11.0 Å². The van der Waals surface area contributed by atoms with Crippen molar-refractivity contribution < 1.29 is 0 Å². The molecule has 2 rings (SSSR count). The number of nitrogens with one attached hydrogen (secondary N) is 2. The summed E-state index contributed by atoms with van der Waals surface area (Å²) in [7, 11) is 0. The summed E-state index contributed by atoms with van der Waals surface area (Å²) in [6, 6.07) is 3.95. The summed E-state index contributed by atoms with van der Waals surface area (Å²) in [5.74, 6) is 0. The minimum Gasteiger partial charge on any atom is -0.324 e. The minimum atomic E-state index is -0.174. The van der Waals surface area contributed by atoms with E-state index in [9.17, 15) is 4.79 Å². The first-order chi connectivity index (χ1) is 7.11. The van der Waals surface area contributed by atoms with Gasteiger partial charge in [-0.2, -0.15) is 0 Å². The van der Waals surface area contributed by atoms with Crippen molar-refractivity contribution in [3.05, 3.63) is 33.7 Å². The van der Waals surface area contributed by atoms with Gasteiger partial charge in [-0.3, -0.25) is 0 Å². The molecule has 0 aliphatic rings. The summed E-state index contributed by atoms with van der Waals surface area (Å²) in [5, 5.41) is 0. The fraction of sp³-hybridized carbons (Fsp3) is 0.364. The molecule has 1 heterocycles. The molecule has 4 heteroatoms. The first-order valence-electron chi connectivity index (χ1n) is 5.10. The van der Waals surface area contributed by atoms with E-state index in [-0.39, 0.29) is 11.7 Å². The molecule has 0 radical (unpaired) electrons. The number of rotatable bonds is 2. The molecular weight excluding hydrogens is 190 g/mol. The van der Waals surface area contributed by atoms with Crippen LogP contribution in [0, 0.1) is 6.92 Å². The molecular formula is C11H15N3O. The summed E-state index contributed by atoms with van der Waals surface area (Å²) in [4.78, 5) is 16.6. The van der Waals surface area contributed by atoms with Crippen LogP contribution >= 0.6 is 0 Å². The molecule has 0 bridgehead atoms. The molecule has 80 valence electrons. The zero-order chi connectivity index (χ0) is 11.0. The number of aromatic nitrogens is 2. The third-order valence-corrected chi connectivity index (χ3v) is 2.74. The van der Waals surface area contributed by atoms with Crippen LogP contribution in [0.5, 0.6) is 0 Å². The van der Waals surface area contributed by atoms with E-state index in [1.54, 1.807) is 0 Å². The van der Waals surface area contributed by atoms with Gasteiger partial charge in [0, 0.05) is 6.04 Å². The second-order valence-corrected chi connectivity index (χ2v) is 3.85. The molecule has 15 heavy (non-hydrogen) atoms. The molecule has 4 nitrogen and oxygen atoms in total. The van der Waals surface area contributed by atoms with Gasteiger partial charge in [0.15, 0.2) is 0 Å². The maximum Gasteiger partial charge on any atom is 0.323 e. The molecule has 1 unspecified atom stereocenters. The van der Waals surface area contributed by atoms with Crippen LogP contribution in [0.4, 0.5) is 0 Å². The predicted molar refractivity (Wildman–Crippen MR) is 60.9 cm³/mol. The van der Waals surface area contributed by atoms with Crippen LogP contribution in [-0.2, 0) is 0 Å². The largest absolute Gasteiger partial charge is 0.324 e. The van der Waals surface area contributed by atoms with Gasteiger partial charge in [0.1, 0.15) is 0 Å². The Morgan fingerprint density at radius 1 is 1.33 bits per heavy atom. The topological polar surface area (TPSA) is 74.7 Å². The SMILES string of the molecule is CCC(N)c1cc2[nH]c(=O)[nH]c2cc1C. The molecule has 4 N–H and O–H groups in total. The van der Waals surface area contributed by atoms with Crippen LogP contribution in [0.2, 0.25) is 0 Å². The number of imidazole rings is 1. The maximum absolute atomic E-state index is 11.1. The molecule has 1 aromatic heterocycles. The van der Waals surface area contributed by atoms with E-state index < -0.39 is 0 Å². The lowest BCUT2D eigenvalue weighted by Gasteiger charge is -2.12. The maximum atomic E-state index is 11.1. The normalized spacial score (nSPS) is 13.3. The van der Waals surface area contributed by atoms with Crippen molar-refractivity contribution in [3.8, 4) is 0 Å². The Morgan fingerprint density at radius 2 is 1.93 bits per heavy atom. The highest BCUT2D eigenvalue weighted by Crippen LogP contribution is 2.22. The zero-order valence-corrected chi connectivity index (χ0v) is 8.92. The van der Waals surface area contributed by atoms with Crippen molar-refractivity contribution in [3.63, 3.8) is 0 Å². The predicted octanol–water partition coefficient (Wildman–Crippen LogP) is 1.57. The number of fused-ring (bicyclic) bond motifs is 1. The van der Waals surface area contributed by atoms with Crippen molar-refractivity contribution >= 4 is 11.0 Å². The molecule has 0 aliphatic carbocycles. The molecule has 0 spiro atoms. The van der Waals surface area contributed by atoms with Gasteiger partial charge >= 0.3 is 5.69 Å². The monoisotopic (exact) mass is 205 g/mol. The van der Waals surface area contributed by atoms with E-state index in [0.29, 0.717) is 0 Å². The number of aryl methyl sites for hydroxylation is 1. The molecule has 1 aromatic carbocycles. The van der Waals surface area contributed by atoms with Crippen LogP contribution in [0.15, 0.2) is 16.9 Å². The number of aromatic amines is 2. The summed E-state index contributed by atoms with van der Waals surface area (Å²) >= 11 is 0. The number of hydrogen-bond acceptors (Lipinski definition) is 2. The van der Waals surface area contributed by atoms with Crippen molar-refractivity contribution in [1.29, 1.82) is 0 Å². The van der Waals surface area contributed by atoms with Gasteiger partial charge in [0.25, 0.3) is 0 Å². The van der Waals surface area contributed by atoms with E-state index in [4.69, 9.17) is 5.73 Å². The van der Waals surface area contributed by atoms with Gasteiger partial charge < -0.3 is 15.7 Å². The number of H-pyrrole nitrogens is 2. The number of hydrogen-bond donors (Lipinski definition) is 3. The average molecular weight is 205 g/mol. The highest BCUT2D eigenvalue weighted by molar-refractivity contribution is 5.76. The summed E-state index contributed by atoms with van der Waals surface area (Å²) in [6.45, 7) is 4.06. The summed E-state index contributed by atoms with van der Waals surface area (Å²) in [6.07, 6.45) is 0.890. The van der Waals surface area contributed by atoms with E-state index >= 15 is 0 Å². The molecule has 0 fully saturated rings. The van der Waals surface area contributed by atoms with Crippen molar-refractivity contribution in [1.82, 2.24) is 9.97 Å². The number of benzene rings is 1. The van der Waals surface area contributed by atoms with Gasteiger partial charge in [-0.15, -0.1) is 0 Å². The molecule has 0 saturated carbocycles. The Morgan fingerprint density at radius 3 is 2.53 bits per heavy atom. The van der Waals surface area contributed by atoms with Crippen LogP contribution in [0.3, 0.4) is 0 Å². The average Bonchev–Trinajstić information content (AvgIpc) is 2.55. The molecule has 0 aliphatic heterocycles. The second kappa shape index (κ2) is 3.55. The fourth-order valence-electron chi connectivity index (χ4n) is 1.83. The minimum absolute atomic E-state index is 0.0350. The zero-order valence-electron chi connectivity index (χ0n) is 8.92. The van der Waals surface area contributed by atoms with E-state index in [0.717, 1.165) is 28.6 Å². The second-order valence-electron chi connectivity index (χ2n) is 3.85.